The van der Waals surface area contributed by atoms with Crippen molar-refractivity contribution in [1.82, 2.24) is 9.97 Å². The first-order valence-corrected chi connectivity index (χ1v) is 4.93. The molecule has 1 heterocycles. The van der Waals surface area contributed by atoms with E-state index in [1.54, 1.807) is 0 Å². The number of aliphatic hydroxyl groups is 1. The van der Waals surface area contributed by atoms with Gasteiger partial charge in [0.2, 0.25) is 0 Å². The van der Waals surface area contributed by atoms with E-state index in [0.29, 0.717) is 17.9 Å². The van der Waals surface area contributed by atoms with Gasteiger partial charge in [-0.3, -0.25) is 4.79 Å². The molecule has 2 N–H and O–H groups in total. The molecule has 1 aliphatic rings. The number of aromatic amines is 1. The fourth-order valence-electron chi connectivity index (χ4n) is 1.59. The second kappa shape index (κ2) is 3.53. The van der Waals surface area contributed by atoms with E-state index >= 15 is 0 Å². The first-order chi connectivity index (χ1) is 6.72. The molecule has 14 heavy (non-hydrogen) atoms. The van der Waals surface area contributed by atoms with Crippen molar-refractivity contribution in [3.63, 3.8) is 0 Å². The highest BCUT2D eigenvalue weighted by Gasteiger charge is 2.26. The molecule has 2 rings (SSSR count). The largest absolute Gasteiger partial charge is 0.396 e. The molecule has 0 aromatic carbocycles. The molecule has 1 aromatic rings. The van der Waals surface area contributed by atoms with E-state index in [9.17, 15) is 4.79 Å². The van der Waals surface area contributed by atoms with E-state index in [0.717, 1.165) is 24.4 Å². The third-order valence-electron chi connectivity index (χ3n) is 2.57. The first kappa shape index (κ1) is 9.40. The average molecular weight is 194 g/mol. The summed E-state index contributed by atoms with van der Waals surface area (Å²) in [5.41, 5.74) is 1.27. The summed E-state index contributed by atoms with van der Waals surface area (Å²) in [5, 5.41) is 8.78. The van der Waals surface area contributed by atoms with Crippen LogP contribution >= 0.6 is 0 Å². The van der Waals surface area contributed by atoms with Crippen molar-refractivity contribution in [1.29, 1.82) is 0 Å². The van der Waals surface area contributed by atoms with Gasteiger partial charge in [0.1, 0.15) is 5.82 Å². The van der Waals surface area contributed by atoms with Gasteiger partial charge in [-0.2, -0.15) is 0 Å². The number of nitrogens with one attached hydrogen (secondary N) is 1. The lowest BCUT2D eigenvalue weighted by Crippen LogP contribution is -2.19. The number of aliphatic hydroxyl groups excluding tert-OH is 1. The Hall–Kier alpha value is -1.16. The van der Waals surface area contributed by atoms with Gasteiger partial charge >= 0.3 is 0 Å². The minimum Gasteiger partial charge on any atom is -0.396 e. The van der Waals surface area contributed by atoms with Crippen LogP contribution < -0.4 is 5.56 Å². The number of aryl methyl sites for hydroxylation is 1. The van der Waals surface area contributed by atoms with Gasteiger partial charge in [0.15, 0.2) is 0 Å². The standard InChI is InChI=1S/C10H14N2O2/c1-6-8(4-5-13)10(14)12-9(11-6)7-2-3-7/h7,13H,2-5H2,1H3,(H,11,12,14). The molecule has 1 fully saturated rings. The molecule has 0 saturated heterocycles. The lowest BCUT2D eigenvalue weighted by atomic mass is 10.2. The maximum atomic E-state index is 11.6. The lowest BCUT2D eigenvalue weighted by Gasteiger charge is -2.04. The van der Waals surface area contributed by atoms with Crippen LogP contribution in [0.3, 0.4) is 0 Å². The highest BCUT2D eigenvalue weighted by atomic mass is 16.3. The summed E-state index contributed by atoms with van der Waals surface area (Å²) in [5.74, 6) is 1.28. The van der Waals surface area contributed by atoms with Crippen molar-refractivity contribution >= 4 is 0 Å². The Labute approximate surface area is 82.0 Å². The number of H-pyrrole nitrogens is 1. The third kappa shape index (κ3) is 1.70. The molecule has 0 aliphatic heterocycles. The van der Waals surface area contributed by atoms with Gasteiger partial charge in [-0.1, -0.05) is 0 Å². The summed E-state index contributed by atoms with van der Waals surface area (Å²) >= 11 is 0. The van der Waals surface area contributed by atoms with Crippen LogP contribution in [0.25, 0.3) is 0 Å². The zero-order valence-corrected chi connectivity index (χ0v) is 8.21. The molecule has 4 nitrogen and oxygen atoms in total. The van der Waals surface area contributed by atoms with E-state index in [-0.39, 0.29) is 12.2 Å². The number of hydrogen-bond acceptors (Lipinski definition) is 3. The normalized spacial score (nSPS) is 15.9. The molecule has 76 valence electrons. The van der Waals surface area contributed by atoms with Gasteiger partial charge in [-0.15, -0.1) is 0 Å². The Morgan fingerprint density at radius 2 is 2.29 bits per heavy atom. The monoisotopic (exact) mass is 194 g/mol. The predicted molar refractivity (Wildman–Crippen MR) is 52.4 cm³/mol. The maximum absolute atomic E-state index is 11.6. The lowest BCUT2D eigenvalue weighted by molar-refractivity contribution is 0.298. The van der Waals surface area contributed by atoms with Crippen LogP contribution in [0.4, 0.5) is 0 Å². The van der Waals surface area contributed by atoms with Gasteiger partial charge in [0.25, 0.3) is 5.56 Å². The van der Waals surface area contributed by atoms with Crippen LogP contribution in [-0.2, 0) is 6.42 Å². The Morgan fingerprint density at radius 3 is 2.79 bits per heavy atom. The van der Waals surface area contributed by atoms with Crippen molar-refractivity contribution < 1.29 is 5.11 Å². The number of nitrogens with zero attached hydrogens (tertiary/aromatic N) is 1. The van der Waals surface area contributed by atoms with Gasteiger partial charge in [0, 0.05) is 30.2 Å². The summed E-state index contributed by atoms with van der Waals surface area (Å²) in [6, 6.07) is 0. The second-order valence-corrected chi connectivity index (χ2v) is 3.76. The fourth-order valence-corrected chi connectivity index (χ4v) is 1.59. The van der Waals surface area contributed by atoms with Gasteiger partial charge in [-0.25, -0.2) is 4.98 Å². The van der Waals surface area contributed by atoms with Crippen molar-refractivity contribution in [3.05, 3.63) is 27.4 Å². The third-order valence-corrected chi connectivity index (χ3v) is 2.57. The fraction of sp³-hybridized carbons (Fsp3) is 0.600. The van der Waals surface area contributed by atoms with Crippen molar-refractivity contribution in [2.24, 2.45) is 0 Å². The molecular formula is C10H14N2O2. The summed E-state index contributed by atoms with van der Waals surface area (Å²) in [7, 11) is 0. The Bertz CT molecular complexity index is 394. The van der Waals surface area contributed by atoms with Crippen LogP contribution in [0, 0.1) is 6.92 Å². The summed E-state index contributed by atoms with van der Waals surface area (Å²) < 4.78 is 0. The quantitative estimate of drug-likeness (QED) is 0.736. The van der Waals surface area contributed by atoms with Gasteiger partial charge in [-0.05, 0) is 19.8 Å². The first-order valence-electron chi connectivity index (χ1n) is 4.93. The predicted octanol–water partition coefficient (Wildman–Crippen LogP) is 0.491. The molecule has 4 heteroatoms. The average Bonchev–Trinajstić information content (AvgIpc) is 2.93. The second-order valence-electron chi connectivity index (χ2n) is 3.76. The van der Waals surface area contributed by atoms with E-state index in [1.165, 1.54) is 0 Å². The molecule has 1 aliphatic carbocycles. The van der Waals surface area contributed by atoms with Crippen LogP contribution in [0.1, 0.15) is 35.8 Å². The van der Waals surface area contributed by atoms with Crippen LogP contribution in [0.2, 0.25) is 0 Å². The highest BCUT2D eigenvalue weighted by molar-refractivity contribution is 5.19. The van der Waals surface area contributed by atoms with Crippen molar-refractivity contribution in [2.75, 3.05) is 6.61 Å². The number of rotatable bonds is 3. The van der Waals surface area contributed by atoms with Gasteiger partial charge < -0.3 is 10.1 Å². The van der Waals surface area contributed by atoms with Crippen LogP contribution in [-0.4, -0.2) is 21.7 Å². The molecule has 0 atom stereocenters. The Balaban J connectivity index is 2.39. The topological polar surface area (TPSA) is 66.0 Å². The van der Waals surface area contributed by atoms with Crippen LogP contribution in [0.5, 0.6) is 0 Å². The van der Waals surface area contributed by atoms with Crippen molar-refractivity contribution in [3.8, 4) is 0 Å². The molecular weight excluding hydrogens is 180 g/mol. The number of hydrogen-bond donors (Lipinski definition) is 2. The smallest absolute Gasteiger partial charge is 0.254 e. The molecule has 1 saturated carbocycles. The number of aromatic nitrogens is 2. The summed E-state index contributed by atoms with van der Waals surface area (Å²) in [6.45, 7) is 1.82. The summed E-state index contributed by atoms with van der Waals surface area (Å²) in [6.07, 6.45) is 2.64. The van der Waals surface area contributed by atoms with Crippen molar-refractivity contribution in [2.45, 2.75) is 32.1 Å². The zero-order valence-electron chi connectivity index (χ0n) is 8.21. The molecule has 0 unspecified atom stereocenters. The Morgan fingerprint density at radius 1 is 1.57 bits per heavy atom. The maximum Gasteiger partial charge on any atom is 0.254 e. The van der Waals surface area contributed by atoms with E-state index in [4.69, 9.17) is 5.11 Å². The van der Waals surface area contributed by atoms with E-state index in [1.807, 2.05) is 6.92 Å². The van der Waals surface area contributed by atoms with E-state index in [2.05, 4.69) is 9.97 Å². The SMILES string of the molecule is Cc1nc(C2CC2)[nH]c(=O)c1CCO. The summed E-state index contributed by atoms with van der Waals surface area (Å²) in [4.78, 5) is 18.7. The Kier molecular flexibility index (Phi) is 2.37. The molecule has 0 amide bonds. The van der Waals surface area contributed by atoms with Gasteiger partial charge in [0.05, 0.1) is 0 Å². The molecule has 0 bridgehead atoms. The van der Waals surface area contributed by atoms with E-state index < -0.39 is 0 Å². The zero-order chi connectivity index (χ0) is 10.1. The minimum atomic E-state index is -0.0894. The molecule has 1 aromatic heterocycles. The highest BCUT2D eigenvalue weighted by Crippen LogP contribution is 2.37. The molecule has 0 spiro atoms. The minimum absolute atomic E-state index is 0.00558. The molecule has 0 radical (unpaired) electrons. The van der Waals surface area contributed by atoms with Crippen LogP contribution in [0.15, 0.2) is 4.79 Å².